The van der Waals surface area contributed by atoms with E-state index in [-0.39, 0.29) is 23.6 Å². The molecule has 5 aromatic rings. The molecule has 0 radical (unpaired) electrons. The highest BCUT2D eigenvalue weighted by atomic mass is 19.1. The highest BCUT2D eigenvalue weighted by molar-refractivity contribution is 6.14. The summed E-state index contributed by atoms with van der Waals surface area (Å²) in [6, 6.07) is 20.5. The summed E-state index contributed by atoms with van der Waals surface area (Å²) in [4.78, 5) is 35.7. The molecule has 3 N–H and O–H groups in total. The number of rotatable bonds is 6. The number of aromatic nitrogens is 3. The number of hydrogen-bond acceptors (Lipinski definition) is 4. The fourth-order valence-corrected chi connectivity index (χ4v) is 4.23. The molecule has 0 aliphatic rings. The zero-order valence-electron chi connectivity index (χ0n) is 19.5. The third kappa shape index (κ3) is 4.36. The van der Waals surface area contributed by atoms with Crippen LogP contribution < -0.4 is 11.2 Å². The first kappa shape index (κ1) is 23.0. The smallest absolute Gasteiger partial charge is 0.335 e. The van der Waals surface area contributed by atoms with E-state index in [9.17, 15) is 19.1 Å². The third-order valence-electron chi connectivity index (χ3n) is 6.04. The Hall–Kier alpha value is -4.72. The van der Waals surface area contributed by atoms with E-state index in [4.69, 9.17) is 0 Å². The van der Waals surface area contributed by atoms with Gasteiger partial charge >= 0.3 is 5.69 Å². The van der Waals surface area contributed by atoms with Crippen molar-refractivity contribution in [2.75, 3.05) is 6.54 Å². The molecule has 0 unspecified atom stereocenters. The maximum Gasteiger partial charge on any atom is 0.335 e. The SMILES string of the molecule is Cc1ccc(-n2c(O)c(C(=NCCc3c[nH]c4ccc(F)cc34)c3ccccc3)c(=O)[nH]c2=O)cc1. The van der Waals surface area contributed by atoms with Crippen LogP contribution in [0.1, 0.15) is 22.3 Å². The number of nitrogens with one attached hydrogen (secondary N) is 2. The molecule has 7 nitrogen and oxygen atoms in total. The minimum Gasteiger partial charge on any atom is -0.493 e. The lowest BCUT2D eigenvalue weighted by molar-refractivity contribution is 0.430. The van der Waals surface area contributed by atoms with Gasteiger partial charge in [-0.3, -0.25) is 14.8 Å². The third-order valence-corrected chi connectivity index (χ3v) is 6.04. The van der Waals surface area contributed by atoms with Crippen LogP contribution in [0.3, 0.4) is 0 Å². The monoisotopic (exact) mass is 482 g/mol. The van der Waals surface area contributed by atoms with Crippen molar-refractivity contribution < 1.29 is 9.50 Å². The van der Waals surface area contributed by atoms with Gasteiger partial charge in [0, 0.05) is 29.2 Å². The Kier molecular flexibility index (Phi) is 6.08. The summed E-state index contributed by atoms with van der Waals surface area (Å²) in [6.07, 6.45) is 2.28. The second-order valence-corrected chi connectivity index (χ2v) is 8.48. The van der Waals surface area contributed by atoms with Crippen molar-refractivity contribution in [3.63, 3.8) is 0 Å². The Bertz CT molecular complexity index is 1700. The van der Waals surface area contributed by atoms with Crippen LogP contribution in [0, 0.1) is 12.7 Å². The van der Waals surface area contributed by atoms with Crippen molar-refractivity contribution in [3.05, 3.63) is 128 Å². The summed E-state index contributed by atoms with van der Waals surface area (Å²) in [5, 5.41) is 11.9. The Labute approximate surface area is 205 Å². The molecule has 0 saturated carbocycles. The van der Waals surface area contributed by atoms with Gasteiger partial charge in [-0.2, -0.15) is 0 Å². The fourth-order valence-electron chi connectivity index (χ4n) is 4.23. The zero-order valence-corrected chi connectivity index (χ0v) is 19.5. The lowest BCUT2D eigenvalue weighted by atomic mass is 10.0. The van der Waals surface area contributed by atoms with E-state index in [0.29, 0.717) is 17.7 Å². The number of aliphatic imine (C=N–C) groups is 1. The summed E-state index contributed by atoms with van der Waals surface area (Å²) < 4.78 is 14.8. The zero-order chi connectivity index (χ0) is 25.2. The molecule has 2 aromatic heterocycles. The van der Waals surface area contributed by atoms with Crippen LogP contribution in [0.15, 0.2) is 93.6 Å². The minimum atomic E-state index is -0.752. The summed E-state index contributed by atoms with van der Waals surface area (Å²) in [6.45, 7) is 2.17. The van der Waals surface area contributed by atoms with E-state index in [1.807, 2.05) is 31.3 Å². The van der Waals surface area contributed by atoms with E-state index < -0.39 is 17.1 Å². The highest BCUT2D eigenvalue weighted by Crippen LogP contribution is 2.22. The maximum absolute atomic E-state index is 13.8. The molecule has 0 aliphatic carbocycles. The van der Waals surface area contributed by atoms with Gasteiger partial charge in [-0.25, -0.2) is 13.8 Å². The van der Waals surface area contributed by atoms with Crippen molar-refractivity contribution in [2.45, 2.75) is 13.3 Å². The number of aryl methyl sites for hydroxylation is 1. The number of fused-ring (bicyclic) bond motifs is 1. The van der Waals surface area contributed by atoms with E-state index in [1.165, 1.54) is 12.1 Å². The van der Waals surface area contributed by atoms with Gasteiger partial charge in [0.1, 0.15) is 11.4 Å². The molecule has 180 valence electrons. The highest BCUT2D eigenvalue weighted by Gasteiger charge is 2.21. The molecule has 0 atom stereocenters. The number of aromatic amines is 2. The van der Waals surface area contributed by atoms with Gasteiger partial charge < -0.3 is 10.1 Å². The van der Waals surface area contributed by atoms with E-state index in [0.717, 1.165) is 26.6 Å². The van der Waals surface area contributed by atoms with Crippen LogP contribution in [-0.2, 0) is 6.42 Å². The largest absolute Gasteiger partial charge is 0.493 e. The lowest BCUT2D eigenvalue weighted by Crippen LogP contribution is -2.33. The lowest BCUT2D eigenvalue weighted by Gasteiger charge is -2.14. The average Bonchev–Trinajstić information content (AvgIpc) is 3.26. The molecule has 0 bridgehead atoms. The Morgan fingerprint density at radius 3 is 2.53 bits per heavy atom. The summed E-state index contributed by atoms with van der Waals surface area (Å²) in [7, 11) is 0. The molecule has 0 amide bonds. The number of H-pyrrole nitrogens is 2. The molecule has 3 aromatic carbocycles. The predicted molar refractivity (Wildman–Crippen MR) is 138 cm³/mol. The minimum absolute atomic E-state index is 0.105. The van der Waals surface area contributed by atoms with Crippen LogP contribution in [0.4, 0.5) is 4.39 Å². The van der Waals surface area contributed by atoms with Gasteiger partial charge in [0.15, 0.2) is 0 Å². The van der Waals surface area contributed by atoms with Gasteiger partial charge in [0.2, 0.25) is 5.88 Å². The molecule has 0 fully saturated rings. The maximum atomic E-state index is 13.8. The number of hydrogen-bond donors (Lipinski definition) is 3. The van der Waals surface area contributed by atoms with Gasteiger partial charge in [-0.15, -0.1) is 0 Å². The normalized spacial score (nSPS) is 11.8. The first-order valence-corrected chi connectivity index (χ1v) is 11.4. The van der Waals surface area contributed by atoms with Gasteiger partial charge in [-0.05, 0) is 49.2 Å². The molecule has 0 spiro atoms. The number of nitrogens with zero attached hydrogens (tertiary/aromatic N) is 2. The number of benzene rings is 3. The Morgan fingerprint density at radius 2 is 1.78 bits per heavy atom. The Balaban J connectivity index is 1.60. The van der Waals surface area contributed by atoms with Gasteiger partial charge in [0.05, 0.1) is 11.4 Å². The second kappa shape index (κ2) is 9.50. The van der Waals surface area contributed by atoms with E-state index in [2.05, 4.69) is 15.0 Å². The van der Waals surface area contributed by atoms with E-state index >= 15 is 0 Å². The van der Waals surface area contributed by atoms with Crippen LogP contribution in [-0.4, -0.2) is 31.9 Å². The van der Waals surface area contributed by atoms with Crippen molar-refractivity contribution in [2.24, 2.45) is 4.99 Å². The average molecular weight is 483 g/mol. The summed E-state index contributed by atoms with van der Waals surface area (Å²) >= 11 is 0. The second-order valence-electron chi connectivity index (χ2n) is 8.48. The first-order chi connectivity index (χ1) is 17.4. The summed E-state index contributed by atoms with van der Waals surface area (Å²) in [5.41, 5.74) is 2.36. The molecule has 5 rings (SSSR count). The molecular weight excluding hydrogens is 459 g/mol. The molecular formula is C28H23FN4O3. The standard InChI is InChI=1S/C28H23FN4O3/c1-17-7-10-21(11-8-17)33-27(35)24(26(34)32-28(33)36)25(18-5-3-2-4-6-18)30-14-13-19-16-31-23-12-9-20(29)15-22(19)23/h2-12,15-16,31,35H,13-14H2,1H3,(H,32,34,36). The van der Waals surface area contributed by atoms with Crippen LogP contribution in [0.5, 0.6) is 5.88 Å². The number of aromatic hydroxyl groups is 1. The van der Waals surface area contributed by atoms with Gasteiger partial charge in [-0.1, -0.05) is 48.0 Å². The van der Waals surface area contributed by atoms with Crippen molar-refractivity contribution >= 4 is 16.6 Å². The van der Waals surface area contributed by atoms with Crippen molar-refractivity contribution in [3.8, 4) is 11.6 Å². The molecule has 0 saturated heterocycles. The van der Waals surface area contributed by atoms with Crippen LogP contribution in [0.25, 0.3) is 16.6 Å². The molecule has 8 heteroatoms. The van der Waals surface area contributed by atoms with Crippen LogP contribution in [0.2, 0.25) is 0 Å². The molecule has 36 heavy (non-hydrogen) atoms. The van der Waals surface area contributed by atoms with Gasteiger partial charge in [0.25, 0.3) is 5.56 Å². The van der Waals surface area contributed by atoms with Crippen LogP contribution >= 0.6 is 0 Å². The van der Waals surface area contributed by atoms with E-state index in [1.54, 1.807) is 42.5 Å². The van der Waals surface area contributed by atoms with Crippen molar-refractivity contribution in [1.82, 2.24) is 14.5 Å². The molecule has 2 heterocycles. The topological polar surface area (TPSA) is 103 Å². The molecule has 0 aliphatic heterocycles. The summed E-state index contributed by atoms with van der Waals surface area (Å²) in [5.74, 6) is -0.823. The Morgan fingerprint density at radius 1 is 1.03 bits per heavy atom. The fraction of sp³-hybridized carbons (Fsp3) is 0.107. The van der Waals surface area contributed by atoms with Crippen molar-refractivity contribution in [1.29, 1.82) is 0 Å². The quantitative estimate of drug-likeness (QED) is 0.316. The first-order valence-electron chi connectivity index (χ1n) is 11.4. The predicted octanol–water partition coefficient (Wildman–Crippen LogP) is 4.24. The number of halogens is 1.